The van der Waals surface area contributed by atoms with Crippen molar-refractivity contribution in [3.63, 3.8) is 0 Å². The number of carbonyl (C=O) groups is 2. The lowest BCUT2D eigenvalue weighted by atomic mass is 10.1. The topological polar surface area (TPSA) is 71.2 Å². The summed E-state index contributed by atoms with van der Waals surface area (Å²) in [7, 11) is 1.63. The normalized spacial score (nSPS) is 10.7. The summed E-state index contributed by atoms with van der Waals surface area (Å²) in [5.74, 6) is 0.269. The second-order valence-electron chi connectivity index (χ2n) is 6.07. The Morgan fingerprint density at radius 1 is 1.26 bits per heavy atom. The maximum absolute atomic E-state index is 12.0. The number of carbonyl (C=O) groups excluding carboxylic acids is 2. The van der Waals surface area contributed by atoms with Crippen molar-refractivity contribution in [2.75, 3.05) is 13.7 Å². The Morgan fingerprint density at radius 2 is 2.15 bits per heavy atom. The number of allylic oxidation sites excluding steroid dienone is 1. The van der Waals surface area contributed by atoms with Crippen LogP contribution in [0.1, 0.15) is 17.5 Å². The van der Waals surface area contributed by atoms with Crippen LogP contribution in [-0.2, 0) is 16.0 Å². The highest BCUT2D eigenvalue weighted by Gasteiger charge is 2.08. The molecule has 0 bridgehead atoms. The highest BCUT2D eigenvalue weighted by atomic mass is 16.5. The van der Waals surface area contributed by atoms with Crippen molar-refractivity contribution in [2.45, 2.75) is 12.8 Å². The number of amides is 1. The minimum Gasteiger partial charge on any atom is -0.497 e. The molecule has 2 N–H and O–H groups in total. The lowest BCUT2D eigenvalue weighted by molar-refractivity contribution is -0.126. The molecule has 0 aliphatic rings. The van der Waals surface area contributed by atoms with Crippen LogP contribution in [0.2, 0.25) is 0 Å². The number of hydrogen-bond donors (Lipinski definition) is 2. The molecule has 1 aromatic heterocycles. The van der Waals surface area contributed by atoms with Crippen molar-refractivity contribution in [2.24, 2.45) is 0 Å². The number of nitrogens with one attached hydrogen (secondary N) is 2. The van der Waals surface area contributed by atoms with Crippen molar-refractivity contribution in [3.8, 4) is 5.75 Å². The van der Waals surface area contributed by atoms with Crippen molar-refractivity contribution in [3.05, 3.63) is 71.9 Å². The van der Waals surface area contributed by atoms with Crippen LogP contribution >= 0.6 is 0 Å². The summed E-state index contributed by atoms with van der Waals surface area (Å²) in [5, 5.41) is 3.86. The van der Waals surface area contributed by atoms with Crippen LogP contribution in [0.5, 0.6) is 5.75 Å². The first-order chi connectivity index (χ1) is 13.2. The fourth-order valence-corrected chi connectivity index (χ4v) is 2.76. The summed E-state index contributed by atoms with van der Waals surface area (Å²) >= 11 is 0. The van der Waals surface area contributed by atoms with Gasteiger partial charge in [0.25, 0.3) is 0 Å². The molecule has 0 spiro atoms. The largest absolute Gasteiger partial charge is 0.497 e. The zero-order valence-corrected chi connectivity index (χ0v) is 15.0. The Morgan fingerprint density at radius 3 is 2.93 bits per heavy atom. The molecule has 1 amide bonds. The molecule has 3 rings (SSSR count). The maximum Gasteiger partial charge on any atom is 0.227 e. The Bertz CT molecular complexity index is 958. The van der Waals surface area contributed by atoms with Crippen LogP contribution in [-0.4, -0.2) is 30.3 Å². The Balaban J connectivity index is 1.48. The number of benzene rings is 1. The minimum absolute atomic E-state index is 0.166. The zero-order valence-electron chi connectivity index (χ0n) is 15.0. The first kappa shape index (κ1) is 18.3. The molecule has 0 saturated heterocycles. The molecule has 0 aliphatic carbocycles. The van der Waals surface area contributed by atoms with Crippen LogP contribution in [0, 0.1) is 12.1 Å². The fraction of sp³-hybridized carbons (Fsp3) is 0.182. The van der Waals surface area contributed by atoms with Crippen LogP contribution < -0.4 is 10.1 Å². The van der Waals surface area contributed by atoms with Gasteiger partial charge in [0, 0.05) is 23.6 Å². The Kier molecular flexibility index (Phi) is 5.91. The van der Waals surface area contributed by atoms with E-state index in [1.165, 1.54) is 6.08 Å². The lowest BCUT2D eigenvalue weighted by Crippen LogP contribution is -2.27. The van der Waals surface area contributed by atoms with E-state index in [1.54, 1.807) is 25.3 Å². The van der Waals surface area contributed by atoms with Gasteiger partial charge in [0.2, 0.25) is 5.91 Å². The van der Waals surface area contributed by atoms with E-state index in [2.05, 4.69) is 22.4 Å². The molecular formula is C22H20N2O3. The van der Waals surface area contributed by atoms with Gasteiger partial charge in [-0.05, 0) is 60.0 Å². The molecule has 27 heavy (non-hydrogen) atoms. The molecule has 1 heterocycles. The van der Waals surface area contributed by atoms with Gasteiger partial charge in [-0.3, -0.25) is 9.59 Å². The number of aromatic amines is 1. The molecular weight excluding hydrogens is 340 g/mol. The standard InChI is InChI=1S/C22H20N2O3/c1-27-19-9-10-21-20(14-19)17(15-24-21)11-12-23-22(26)13-18(25)8-7-16-5-3-2-4-6-16/h3,5-10,14-15,24H,11-13H2,1H3,(H,23,26)/b8-7+. The molecule has 5 nitrogen and oxygen atoms in total. The van der Waals surface area contributed by atoms with E-state index in [9.17, 15) is 9.59 Å². The third-order valence-electron chi connectivity index (χ3n) is 4.17. The predicted octanol–water partition coefficient (Wildman–Crippen LogP) is 3.11. The van der Waals surface area contributed by atoms with Crippen LogP contribution in [0.15, 0.2) is 48.7 Å². The Hall–Kier alpha value is -3.52. The number of aromatic nitrogens is 1. The lowest BCUT2D eigenvalue weighted by Gasteiger charge is -2.04. The van der Waals surface area contributed by atoms with Crippen molar-refractivity contribution in [1.82, 2.24) is 10.3 Å². The van der Waals surface area contributed by atoms with E-state index in [4.69, 9.17) is 4.74 Å². The van der Waals surface area contributed by atoms with Gasteiger partial charge in [-0.15, -0.1) is 0 Å². The summed E-state index contributed by atoms with van der Waals surface area (Å²) in [5.41, 5.74) is 2.96. The molecule has 0 unspecified atom stereocenters. The van der Waals surface area contributed by atoms with E-state index in [-0.39, 0.29) is 18.1 Å². The molecule has 2 aromatic carbocycles. The highest BCUT2D eigenvalue weighted by molar-refractivity contribution is 6.05. The zero-order chi connectivity index (χ0) is 19.1. The number of H-pyrrole nitrogens is 1. The quantitative estimate of drug-likeness (QED) is 0.479. The van der Waals surface area contributed by atoms with Gasteiger partial charge in [-0.1, -0.05) is 18.2 Å². The summed E-state index contributed by atoms with van der Waals surface area (Å²) in [4.78, 5) is 27.0. The average Bonchev–Trinajstić information content (AvgIpc) is 3.09. The van der Waals surface area contributed by atoms with Gasteiger partial charge >= 0.3 is 0 Å². The number of fused-ring (bicyclic) bond motifs is 1. The summed E-state index contributed by atoms with van der Waals surface area (Å²) in [6.45, 7) is 0.462. The third-order valence-corrected chi connectivity index (χ3v) is 4.17. The van der Waals surface area contributed by atoms with Crippen molar-refractivity contribution < 1.29 is 14.3 Å². The monoisotopic (exact) mass is 360 g/mol. The first-order valence-electron chi connectivity index (χ1n) is 8.65. The Labute approximate surface area is 158 Å². The average molecular weight is 360 g/mol. The van der Waals surface area contributed by atoms with Crippen molar-refractivity contribution in [1.29, 1.82) is 0 Å². The van der Waals surface area contributed by atoms with E-state index >= 15 is 0 Å². The third kappa shape index (κ3) is 4.99. The van der Waals surface area contributed by atoms with Gasteiger partial charge in [-0.25, -0.2) is 0 Å². The number of rotatable bonds is 8. The first-order valence-corrected chi connectivity index (χ1v) is 8.65. The van der Waals surface area contributed by atoms with Gasteiger partial charge in [0.15, 0.2) is 5.78 Å². The number of methoxy groups -OCH3 is 1. The molecule has 0 aliphatic heterocycles. The molecule has 0 radical (unpaired) electrons. The fourth-order valence-electron chi connectivity index (χ4n) is 2.76. The molecule has 0 fully saturated rings. The van der Waals surface area contributed by atoms with Gasteiger partial charge < -0.3 is 15.0 Å². The maximum atomic E-state index is 12.0. The van der Waals surface area contributed by atoms with E-state index in [0.29, 0.717) is 13.0 Å². The number of hydrogen-bond acceptors (Lipinski definition) is 3. The van der Waals surface area contributed by atoms with E-state index in [0.717, 1.165) is 27.8 Å². The molecule has 0 saturated carbocycles. The van der Waals surface area contributed by atoms with E-state index < -0.39 is 0 Å². The summed E-state index contributed by atoms with van der Waals surface area (Å²) < 4.78 is 5.26. The molecule has 0 atom stereocenters. The van der Waals surface area contributed by atoms with Gasteiger partial charge in [-0.2, -0.15) is 0 Å². The summed E-state index contributed by atoms with van der Waals surface area (Å²) in [6.07, 6.45) is 5.51. The van der Waals surface area contributed by atoms with Gasteiger partial charge in [0.05, 0.1) is 13.5 Å². The predicted molar refractivity (Wildman–Crippen MR) is 104 cm³/mol. The van der Waals surface area contributed by atoms with Gasteiger partial charge in [0.1, 0.15) is 5.75 Å². The molecule has 136 valence electrons. The smallest absolute Gasteiger partial charge is 0.227 e. The SMILES string of the molecule is COc1ccc2[nH]cc(CCNC(=O)CC(=O)/C=C/c3cc#ccc3)c2c1. The summed E-state index contributed by atoms with van der Waals surface area (Å²) in [6, 6.07) is 16.7. The molecule has 5 heteroatoms. The molecule has 3 aromatic rings. The highest BCUT2D eigenvalue weighted by Crippen LogP contribution is 2.23. The second kappa shape index (κ2) is 8.72. The van der Waals surface area contributed by atoms with Crippen molar-refractivity contribution >= 4 is 28.7 Å². The number of ether oxygens (including phenoxy) is 1. The van der Waals surface area contributed by atoms with Crippen LogP contribution in [0.4, 0.5) is 0 Å². The minimum atomic E-state index is -0.282. The number of ketones is 1. The second-order valence-corrected chi connectivity index (χ2v) is 6.07. The van der Waals surface area contributed by atoms with Crippen LogP contribution in [0.25, 0.3) is 17.0 Å². The van der Waals surface area contributed by atoms with Crippen LogP contribution in [0.3, 0.4) is 0 Å². The van der Waals surface area contributed by atoms with E-state index in [1.807, 2.05) is 30.5 Å².